The third kappa shape index (κ3) is 3.35. The zero-order chi connectivity index (χ0) is 14.0. The summed E-state index contributed by atoms with van der Waals surface area (Å²) in [4.78, 5) is 0.256. The number of hydrogen-bond donors (Lipinski definition) is 2. The van der Waals surface area contributed by atoms with Gasteiger partial charge in [-0.25, -0.2) is 4.39 Å². The third-order valence-corrected chi connectivity index (χ3v) is 3.24. The van der Waals surface area contributed by atoms with Gasteiger partial charge in [0, 0.05) is 10.6 Å². The van der Waals surface area contributed by atoms with Gasteiger partial charge in [-0.15, -0.1) is 0 Å². The van der Waals surface area contributed by atoms with Crippen molar-refractivity contribution in [3.05, 3.63) is 57.8 Å². The Hall–Kier alpha value is -1.36. The molecule has 0 unspecified atom stereocenters. The molecule has 2 rings (SSSR count). The Morgan fingerprint density at radius 3 is 2.37 bits per heavy atom. The first kappa shape index (κ1) is 14.1. The first-order valence-corrected chi connectivity index (χ1v) is 6.45. The molecule has 0 radical (unpaired) electrons. The minimum atomic E-state index is -0.456. The largest absolute Gasteiger partial charge is 0.389 e. The van der Waals surface area contributed by atoms with E-state index in [0.717, 1.165) is 0 Å². The van der Waals surface area contributed by atoms with Gasteiger partial charge in [0.25, 0.3) is 0 Å². The van der Waals surface area contributed by atoms with E-state index < -0.39 is 5.82 Å². The highest BCUT2D eigenvalue weighted by Gasteiger charge is 2.07. The van der Waals surface area contributed by atoms with E-state index >= 15 is 0 Å². The summed E-state index contributed by atoms with van der Waals surface area (Å²) in [5, 5.41) is 3.62. The van der Waals surface area contributed by atoms with E-state index in [2.05, 4.69) is 5.32 Å². The Labute approximate surface area is 125 Å². The molecule has 19 heavy (non-hydrogen) atoms. The van der Waals surface area contributed by atoms with Crippen LogP contribution in [-0.2, 0) is 0 Å². The summed E-state index contributed by atoms with van der Waals surface area (Å²) in [6.45, 7) is 0. The van der Waals surface area contributed by atoms with Gasteiger partial charge in [-0.3, -0.25) is 0 Å². The quantitative estimate of drug-likeness (QED) is 0.819. The maximum Gasteiger partial charge on any atom is 0.148 e. The second-order valence-electron chi connectivity index (χ2n) is 3.81. The van der Waals surface area contributed by atoms with Gasteiger partial charge in [0.1, 0.15) is 10.8 Å². The van der Waals surface area contributed by atoms with Crippen LogP contribution >= 0.6 is 35.4 Å². The molecule has 98 valence electrons. The Morgan fingerprint density at radius 2 is 1.79 bits per heavy atom. The van der Waals surface area contributed by atoms with E-state index in [1.54, 1.807) is 24.3 Å². The van der Waals surface area contributed by atoms with Crippen LogP contribution in [0.15, 0.2) is 36.4 Å². The molecule has 0 saturated heterocycles. The molecule has 0 aliphatic carbocycles. The lowest BCUT2D eigenvalue weighted by molar-refractivity contribution is 0.632. The molecule has 2 nitrogen and oxygen atoms in total. The van der Waals surface area contributed by atoms with Crippen LogP contribution in [0.3, 0.4) is 0 Å². The molecule has 0 bridgehead atoms. The minimum Gasteiger partial charge on any atom is -0.389 e. The Bertz CT molecular complexity index is 647. The molecule has 2 aromatic carbocycles. The lowest BCUT2D eigenvalue weighted by atomic mass is 10.2. The molecule has 0 fully saturated rings. The summed E-state index contributed by atoms with van der Waals surface area (Å²) in [5.74, 6) is -0.456. The van der Waals surface area contributed by atoms with Crippen molar-refractivity contribution in [2.75, 3.05) is 5.32 Å². The van der Waals surface area contributed by atoms with E-state index in [-0.39, 0.29) is 10.7 Å². The van der Waals surface area contributed by atoms with Gasteiger partial charge in [0.2, 0.25) is 0 Å². The number of nitrogens with two attached hydrogens (primary N) is 1. The standard InChI is InChI=1S/C13H9Cl2FN2S/c14-8-2-4-12(10(16)6-8)18-11-3-1-7(13(17)19)5-9(11)15/h1-6,18H,(H2,17,19). The van der Waals surface area contributed by atoms with E-state index in [1.165, 1.54) is 12.1 Å². The second-order valence-corrected chi connectivity index (χ2v) is 5.09. The van der Waals surface area contributed by atoms with E-state index in [1.807, 2.05) is 0 Å². The van der Waals surface area contributed by atoms with Crippen LogP contribution in [0.5, 0.6) is 0 Å². The molecular weight excluding hydrogens is 306 g/mol. The monoisotopic (exact) mass is 314 g/mol. The highest BCUT2D eigenvalue weighted by atomic mass is 35.5. The predicted octanol–water partition coefficient (Wildman–Crippen LogP) is 4.51. The Kier molecular flexibility index (Phi) is 4.24. The normalized spacial score (nSPS) is 10.3. The van der Waals surface area contributed by atoms with Crippen LogP contribution in [0.2, 0.25) is 10.0 Å². The maximum absolute atomic E-state index is 13.6. The van der Waals surface area contributed by atoms with Crippen LogP contribution < -0.4 is 11.1 Å². The number of nitrogens with one attached hydrogen (secondary N) is 1. The summed E-state index contributed by atoms with van der Waals surface area (Å²) in [6, 6.07) is 9.37. The van der Waals surface area contributed by atoms with Crippen LogP contribution in [0.25, 0.3) is 0 Å². The first-order valence-electron chi connectivity index (χ1n) is 5.29. The number of thiocarbonyl (C=S) groups is 1. The number of hydrogen-bond acceptors (Lipinski definition) is 2. The number of halogens is 3. The summed E-state index contributed by atoms with van der Waals surface area (Å²) >= 11 is 16.6. The van der Waals surface area contributed by atoms with Crippen molar-refractivity contribution in [3.8, 4) is 0 Å². The average molecular weight is 315 g/mol. The van der Waals surface area contributed by atoms with Gasteiger partial charge in [0.05, 0.1) is 16.4 Å². The van der Waals surface area contributed by atoms with Crippen LogP contribution in [0.4, 0.5) is 15.8 Å². The first-order chi connectivity index (χ1) is 8.97. The molecule has 0 aromatic heterocycles. The summed E-state index contributed by atoms with van der Waals surface area (Å²) in [7, 11) is 0. The highest BCUT2D eigenvalue weighted by Crippen LogP contribution is 2.28. The van der Waals surface area contributed by atoms with Crippen molar-refractivity contribution in [2.24, 2.45) is 5.73 Å². The van der Waals surface area contributed by atoms with Crippen molar-refractivity contribution < 1.29 is 4.39 Å². The van der Waals surface area contributed by atoms with Crippen LogP contribution in [0, 0.1) is 5.82 Å². The Morgan fingerprint density at radius 1 is 1.11 bits per heavy atom. The van der Waals surface area contributed by atoms with Crippen molar-refractivity contribution in [1.29, 1.82) is 0 Å². The summed E-state index contributed by atoms with van der Waals surface area (Å²) in [6.07, 6.45) is 0. The summed E-state index contributed by atoms with van der Waals surface area (Å²) < 4.78 is 13.6. The van der Waals surface area contributed by atoms with Gasteiger partial charge in [-0.05, 0) is 36.4 Å². The van der Waals surface area contributed by atoms with Gasteiger partial charge in [-0.1, -0.05) is 35.4 Å². The SMILES string of the molecule is NC(=S)c1ccc(Nc2ccc(Cl)cc2F)c(Cl)c1. The molecule has 6 heteroatoms. The van der Waals surface area contributed by atoms with Gasteiger partial charge >= 0.3 is 0 Å². The Balaban J connectivity index is 2.31. The van der Waals surface area contributed by atoms with E-state index in [9.17, 15) is 4.39 Å². The number of benzene rings is 2. The topological polar surface area (TPSA) is 38.0 Å². The molecule has 2 aromatic rings. The molecule has 0 aliphatic heterocycles. The lowest BCUT2D eigenvalue weighted by Crippen LogP contribution is -2.09. The van der Waals surface area contributed by atoms with E-state index in [0.29, 0.717) is 21.3 Å². The van der Waals surface area contributed by atoms with Gasteiger partial charge in [0.15, 0.2) is 0 Å². The highest BCUT2D eigenvalue weighted by molar-refractivity contribution is 7.80. The lowest BCUT2D eigenvalue weighted by Gasteiger charge is -2.10. The van der Waals surface area contributed by atoms with Crippen molar-refractivity contribution in [3.63, 3.8) is 0 Å². The molecule has 0 spiro atoms. The molecule has 0 saturated carbocycles. The van der Waals surface area contributed by atoms with Crippen molar-refractivity contribution >= 4 is 51.8 Å². The van der Waals surface area contributed by atoms with Gasteiger partial charge in [-0.2, -0.15) is 0 Å². The fourth-order valence-corrected chi connectivity index (χ4v) is 2.02. The zero-order valence-corrected chi connectivity index (χ0v) is 11.9. The molecule has 0 atom stereocenters. The van der Waals surface area contributed by atoms with Crippen LogP contribution in [-0.4, -0.2) is 4.99 Å². The van der Waals surface area contributed by atoms with Gasteiger partial charge < -0.3 is 11.1 Å². The zero-order valence-electron chi connectivity index (χ0n) is 9.58. The second kappa shape index (κ2) is 5.74. The van der Waals surface area contributed by atoms with E-state index in [4.69, 9.17) is 41.2 Å². The number of anilines is 2. The van der Waals surface area contributed by atoms with Crippen LogP contribution in [0.1, 0.15) is 5.56 Å². The average Bonchev–Trinajstić information content (AvgIpc) is 2.34. The maximum atomic E-state index is 13.6. The molecule has 3 N–H and O–H groups in total. The molecular formula is C13H9Cl2FN2S. The molecule has 0 amide bonds. The van der Waals surface area contributed by atoms with Crippen molar-refractivity contribution in [2.45, 2.75) is 0 Å². The fraction of sp³-hybridized carbons (Fsp3) is 0. The number of rotatable bonds is 3. The minimum absolute atomic E-state index is 0.256. The smallest absolute Gasteiger partial charge is 0.148 e. The third-order valence-electron chi connectivity index (χ3n) is 2.45. The molecule has 0 aliphatic rings. The van der Waals surface area contributed by atoms with Crippen molar-refractivity contribution in [1.82, 2.24) is 0 Å². The predicted molar refractivity (Wildman–Crippen MR) is 82.0 cm³/mol. The fourth-order valence-electron chi connectivity index (χ4n) is 1.51. The summed E-state index contributed by atoms with van der Waals surface area (Å²) in [5.41, 5.74) is 7.00. The molecule has 0 heterocycles.